The van der Waals surface area contributed by atoms with Gasteiger partial charge in [0, 0.05) is 18.5 Å². The Morgan fingerprint density at radius 2 is 2.00 bits per heavy atom. The Morgan fingerprint density at radius 3 is 2.54 bits per heavy atom. The summed E-state index contributed by atoms with van der Waals surface area (Å²) in [5, 5.41) is 3.04. The topological polar surface area (TPSA) is 56.8 Å². The molecule has 0 aliphatic carbocycles. The fourth-order valence-corrected chi connectivity index (χ4v) is 3.76. The van der Waals surface area contributed by atoms with Crippen LogP contribution in [0.5, 0.6) is 11.5 Å². The zero-order chi connectivity index (χ0) is 17.7. The maximum atomic E-state index is 11.5. The quantitative estimate of drug-likeness (QED) is 0.793. The summed E-state index contributed by atoms with van der Waals surface area (Å²) < 4.78 is 17.4. The van der Waals surface area contributed by atoms with Crippen molar-refractivity contribution in [3.05, 3.63) is 17.7 Å². The molecule has 0 saturated carbocycles. The van der Waals surface area contributed by atoms with E-state index in [0.717, 1.165) is 41.2 Å². The van der Waals surface area contributed by atoms with Gasteiger partial charge in [-0.1, -0.05) is 6.92 Å². The highest BCUT2D eigenvalue weighted by Gasteiger charge is 2.32. The van der Waals surface area contributed by atoms with Gasteiger partial charge in [0.05, 0.1) is 31.3 Å². The van der Waals surface area contributed by atoms with Crippen LogP contribution in [0, 0.1) is 0 Å². The Labute approximate surface area is 148 Å². The average molecular weight is 353 g/mol. The van der Waals surface area contributed by atoms with Gasteiger partial charge in [-0.15, -0.1) is 11.8 Å². The molecule has 0 bridgehead atoms. The molecule has 1 aromatic rings. The van der Waals surface area contributed by atoms with Gasteiger partial charge in [0.2, 0.25) is 5.91 Å². The van der Waals surface area contributed by atoms with Crippen molar-refractivity contribution in [2.45, 2.75) is 56.3 Å². The van der Waals surface area contributed by atoms with Gasteiger partial charge in [0.1, 0.15) is 11.5 Å². The Hall–Kier alpha value is -1.40. The second kappa shape index (κ2) is 8.62. The zero-order valence-electron chi connectivity index (χ0n) is 15.0. The average Bonchev–Trinajstić information content (AvgIpc) is 2.59. The predicted octanol–water partition coefficient (Wildman–Crippen LogP) is 3.56. The molecule has 134 valence electrons. The molecule has 2 rings (SSSR count). The van der Waals surface area contributed by atoms with Crippen molar-refractivity contribution in [2.75, 3.05) is 20.5 Å². The van der Waals surface area contributed by atoms with Crippen molar-refractivity contribution < 1.29 is 19.0 Å². The van der Waals surface area contributed by atoms with E-state index in [9.17, 15) is 4.79 Å². The first-order valence-electron chi connectivity index (χ1n) is 8.24. The largest absolute Gasteiger partial charge is 0.496 e. The Bertz CT molecular complexity index is 578. The third kappa shape index (κ3) is 4.36. The van der Waals surface area contributed by atoms with Crippen molar-refractivity contribution in [3.8, 4) is 11.5 Å². The van der Waals surface area contributed by atoms with Crippen LogP contribution in [0.4, 0.5) is 0 Å². The van der Waals surface area contributed by atoms with Crippen molar-refractivity contribution in [1.82, 2.24) is 5.32 Å². The summed E-state index contributed by atoms with van der Waals surface area (Å²) >= 11 is 1.62. The smallest absolute Gasteiger partial charge is 0.217 e. The first-order valence-corrected chi connectivity index (χ1v) is 9.47. The van der Waals surface area contributed by atoms with E-state index in [1.54, 1.807) is 32.9 Å². The van der Waals surface area contributed by atoms with Crippen LogP contribution in [0.1, 0.15) is 44.8 Å². The van der Waals surface area contributed by atoms with Crippen LogP contribution in [-0.2, 0) is 9.53 Å². The summed E-state index contributed by atoms with van der Waals surface area (Å²) in [7, 11) is 3.34. The number of benzene rings is 1. The number of hydrogen-bond donors (Lipinski definition) is 1. The fraction of sp³-hybridized carbons (Fsp3) is 0.611. The van der Waals surface area contributed by atoms with Gasteiger partial charge < -0.3 is 19.5 Å². The van der Waals surface area contributed by atoms with Crippen molar-refractivity contribution in [3.63, 3.8) is 0 Å². The van der Waals surface area contributed by atoms with Gasteiger partial charge in [-0.05, 0) is 37.7 Å². The van der Waals surface area contributed by atoms with Crippen LogP contribution < -0.4 is 14.8 Å². The van der Waals surface area contributed by atoms with E-state index in [2.05, 4.69) is 12.2 Å². The standard InChI is InChI=1S/C18H27NO4S/c1-6-13-7-12(19-11(2)20)8-16(23-13)14-9-17(22-4)18(24-5)10-15(14)21-3/h9-10,12-13,16H,6-8H2,1-5H3,(H,19,20)/t12-,13+,16+/m0/s1. The molecule has 5 nitrogen and oxygen atoms in total. The molecule has 0 aromatic heterocycles. The normalized spacial score (nSPS) is 23.6. The van der Waals surface area contributed by atoms with E-state index >= 15 is 0 Å². The van der Waals surface area contributed by atoms with Crippen LogP contribution in [0.15, 0.2) is 17.0 Å². The molecule has 1 aliphatic heterocycles. The molecule has 24 heavy (non-hydrogen) atoms. The maximum Gasteiger partial charge on any atom is 0.217 e. The van der Waals surface area contributed by atoms with Crippen molar-refractivity contribution in [2.24, 2.45) is 0 Å². The van der Waals surface area contributed by atoms with Crippen LogP contribution >= 0.6 is 11.8 Å². The van der Waals surface area contributed by atoms with Crippen LogP contribution in [-0.4, -0.2) is 38.5 Å². The van der Waals surface area contributed by atoms with Crippen LogP contribution in [0.3, 0.4) is 0 Å². The number of ether oxygens (including phenoxy) is 3. The van der Waals surface area contributed by atoms with E-state index in [0.29, 0.717) is 0 Å². The minimum absolute atomic E-state index is 0.00206. The predicted molar refractivity (Wildman–Crippen MR) is 96.1 cm³/mol. The molecular weight excluding hydrogens is 326 g/mol. The first kappa shape index (κ1) is 18.9. The van der Waals surface area contributed by atoms with Crippen molar-refractivity contribution in [1.29, 1.82) is 0 Å². The highest BCUT2D eigenvalue weighted by atomic mass is 32.2. The lowest BCUT2D eigenvalue weighted by atomic mass is 9.92. The number of amides is 1. The minimum Gasteiger partial charge on any atom is -0.496 e. The maximum absolute atomic E-state index is 11.5. The van der Waals surface area contributed by atoms with Gasteiger partial charge in [-0.25, -0.2) is 0 Å². The summed E-state index contributed by atoms with van der Waals surface area (Å²) in [6.45, 7) is 3.66. The molecule has 1 aromatic carbocycles. The lowest BCUT2D eigenvalue weighted by Gasteiger charge is -2.36. The Morgan fingerprint density at radius 1 is 1.29 bits per heavy atom. The van der Waals surface area contributed by atoms with Gasteiger partial charge in [-0.2, -0.15) is 0 Å². The number of nitrogens with one attached hydrogen (secondary N) is 1. The summed E-state index contributed by atoms with van der Waals surface area (Å²) in [4.78, 5) is 12.5. The monoisotopic (exact) mass is 353 g/mol. The highest BCUT2D eigenvalue weighted by Crippen LogP contribution is 2.42. The molecule has 1 amide bonds. The molecule has 6 heteroatoms. The zero-order valence-corrected chi connectivity index (χ0v) is 15.9. The highest BCUT2D eigenvalue weighted by molar-refractivity contribution is 7.98. The molecule has 1 heterocycles. The van der Waals surface area contributed by atoms with E-state index in [1.165, 1.54) is 0 Å². The number of carbonyl (C=O) groups excluding carboxylic acids is 1. The van der Waals surface area contributed by atoms with E-state index in [-0.39, 0.29) is 24.2 Å². The molecular formula is C18H27NO4S. The van der Waals surface area contributed by atoms with Crippen molar-refractivity contribution >= 4 is 17.7 Å². The fourth-order valence-electron chi connectivity index (χ4n) is 3.19. The third-order valence-electron chi connectivity index (χ3n) is 4.35. The molecule has 0 unspecified atom stereocenters. The molecule has 1 N–H and O–H groups in total. The summed E-state index contributed by atoms with van der Waals surface area (Å²) in [6, 6.07) is 4.10. The van der Waals surface area contributed by atoms with Crippen LogP contribution in [0.2, 0.25) is 0 Å². The van der Waals surface area contributed by atoms with E-state index in [4.69, 9.17) is 14.2 Å². The van der Waals surface area contributed by atoms with Gasteiger partial charge in [-0.3, -0.25) is 4.79 Å². The van der Waals surface area contributed by atoms with E-state index in [1.807, 2.05) is 18.4 Å². The molecule has 1 fully saturated rings. The number of hydrogen-bond acceptors (Lipinski definition) is 5. The Kier molecular flexibility index (Phi) is 6.80. The van der Waals surface area contributed by atoms with Crippen LogP contribution in [0.25, 0.3) is 0 Å². The van der Waals surface area contributed by atoms with Gasteiger partial charge in [0.15, 0.2) is 0 Å². The lowest BCUT2D eigenvalue weighted by molar-refractivity contribution is -0.122. The first-order chi connectivity index (χ1) is 11.5. The SMILES string of the molecule is CC[C@@H]1C[C@H](NC(C)=O)C[C@H](c2cc(OC)c(SC)cc2OC)O1. The summed E-state index contributed by atoms with van der Waals surface area (Å²) in [5.74, 6) is 1.61. The number of carbonyl (C=O) groups is 1. The molecule has 1 saturated heterocycles. The summed E-state index contributed by atoms with van der Waals surface area (Å²) in [6.07, 6.45) is 4.49. The second-order valence-electron chi connectivity index (χ2n) is 5.97. The molecule has 0 spiro atoms. The van der Waals surface area contributed by atoms with E-state index < -0.39 is 0 Å². The lowest BCUT2D eigenvalue weighted by Crippen LogP contribution is -2.42. The third-order valence-corrected chi connectivity index (χ3v) is 5.11. The molecule has 1 aliphatic rings. The number of rotatable bonds is 6. The van der Waals surface area contributed by atoms with Gasteiger partial charge >= 0.3 is 0 Å². The molecule has 0 radical (unpaired) electrons. The summed E-state index contributed by atoms with van der Waals surface area (Å²) in [5.41, 5.74) is 0.973. The number of methoxy groups -OCH3 is 2. The van der Waals surface area contributed by atoms with Gasteiger partial charge in [0.25, 0.3) is 0 Å². The molecule has 3 atom stereocenters. The number of thioether (sulfide) groups is 1. The minimum atomic E-state index is -0.125. The second-order valence-corrected chi connectivity index (χ2v) is 6.82. The Balaban J connectivity index is 2.35.